The first kappa shape index (κ1) is 33.0. The average molecular weight is 510 g/mol. The van der Waals surface area contributed by atoms with E-state index in [1.54, 1.807) is 0 Å². The summed E-state index contributed by atoms with van der Waals surface area (Å²) in [6, 6.07) is 0. The Balaban J connectivity index is 4.13. The summed E-state index contributed by atoms with van der Waals surface area (Å²) in [7, 11) is -4.33. The van der Waals surface area contributed by atoms with Gasteiger partial charge in [-0.05, 0) is 12.8 Å². The number of phosphoric ester groups is 1. The lowest BCUT2D eigenvalue weighted by molar-refractivity contribution is -0.161. The molecule has 0 rings (SSSR count). The Labute approximate surface area is 206 Å². The summed E-state index contributed by atoms with van der Waals surface area (Å²) in [4.78, 5) is 33.5. The smallest absolute Gasteiger partial charge is 0.462 e. The van der Waals surface area contributed by atoms with Crippen molar-refractivity contribution in [3.8, 4) is 0 Å². The topological polar surface area (TPSA) is 134 Å². The molecule has 34 heavy (non-hydrogen) atoms. The Kier molecular flexibility index (Phi) is 21.8. The molecule has 0 aromatic carbocycles. The first-order valence-electron chi connectivity index (χ1n) is 13.0. The fraction of sp³-hybridized carbons (Fsp3) is 0.917. The molecule has 0 aliphatic carbocycles. The highest BCUT2D eigenvalue weighted by molar-refractivity contribution is 7.47. The van der Waals surface area contributed by atoms with Crippen LogP contribution in [0.25, 0.3) is 0 Å². The Morgan fingerprint density at radius 1 is 0.765 bits per heavy atom. The Bertz CT molecular complexity index is 561. The summed E-state index contributed by atoms with van der Waals surface area (Å²) in [6.07, 6.45) is 14.4. The largest absolute Gasteiger partial charge is 0.472 e. The van der Waals surface area contributed by atoms with Crippen molar-refractivity contribution in [3.63, 3.8) is 0 Å². The van der Waals surface area contributed by atoms with Crippen molar-refractivity contribution in [1.82, 2.24) is 0 Å². The van der Waals surface area contributed by atoms with Gasteiger partial charge in [0, 0.05) is 19.4 Å². The fourth-order valence-corrected chi connectivity index (χ4v) is 4.08. The van der Waals surface area contributed by atoms with Crippen LogP contribution in [0.4, 0.5) is 0 Å². The number of nitrogens with two attached hydrogens (primary N) is 1. The Morgan fingerprint density at radius 3 is 1.85 bits per heavy atom. The molecule has 0 bridgehead atoms. The van der Waals surface area contributed by atoms with Gasteiger partial charge in [-0.1, -0.05) is 84.5 Å². The molecule has 0 saturated heterocycles. The zero-order valence-electron chi connectivity index (χ0n) is 21.3. The van der Waals surface area contributed by atoms with Gasteiger partial charge < -0.3 is 20.1 Å². The predicted molar refractivity (Wildman–Crippen MR) is 132 cm³/mol. The highest BCUT2D eigenvalue weighted by Crippen LogP contribution is 2.43. The predicted octanol–water partition coefficient (Wildman–Crippen LogP) is 5.43. The van der Waals surface area contributed by atoms with Gasteiger partial charge >= 0.3 is 19.8 Å². The molecule has 0 aliphatic rings. The second kappa shape index (κ2) is 22.5. The normalized spacial score (nSPS) is 13.9. The van der Waals surface area contributed by atoms with E-state index in [1.165, 1.54) is 57.8 Å². The molecule has 9 nitrogen and oxygen atoms in total. The van der Waals surface area contributed by atoms with Gasteiger partial charge in [-0.3, -0.25) is 18.6 Å². The summed E-state index contributed by atoms with van der Waals surface area (Å²) in [5.41, 5.74) is 5.25. The molecule has 0 saturated carbocycles. The molecule has 0 heterocycles. The number of esters is 2. The SMILES string of the molecule is CCCCCCCCCCCCCCC(=O)OC(COC(=O)CCC)COP(=O)(O)OCCN. The lowest BCUT2D eigenvalue weighted by Crippen LogP contribution is -2.29. The lowest BCUT2D eigenvalue weighted by atomic mass is 10.0. The Hall–Kier alpha value is -0.990. The fourth-order valence-electron chi connectivity index (χ4n) is 3.32. The van der Waals surface area contributed by atoms with Crippen molar-refractivity contribution in [1.29, 1.82) is 0 Å². The molecule has 0 spiro atoms. The van der Waals surface area contributed by atoms with Crippen molar-refractivity contribution in [3.05, 3.63) is 0 Å². The molecule has 2 unspecified atom stereocenters. The number of ether oxygens (including phenoxy) is 2. The maximum absolute atomic E-state index is 12.2. The highest BCUT2D eigenvalue weighted by atomic mass is 31.2. The lowest BCUT2D eigenvalue weighted by Gasteiger charge is -2.19. The van der Waals surface area contributed by atoms with E-state index in [9.17, 15) is 19.0 Å². The van der Waals surface area contributed by atoms with Crippen molar-refractivity contribution in [2.75, 3.05) is 26.4 Å². The third-order valence-electron chi connectivity index (χ3n) is 5.21. The van der Waals surface area contributed by atoms with Gasteiger partial charge in [0.25, 0.3) is 0 Å². The van der Waals surface area contributed by atoms with E-state index in [1.807, 2.05) is 6.92 Å². The van der Waals surface area contributed by atoms with Crippen LogP contribution in [0.1, 0.15) is 110 Å². The van der Waals surface area contributed by atoms with Gasteiger partial charge in [0.1, 0.15) is 6.61 Å². The summed E-state index contributed by atoms with van der Waals surface area (Å²) in [6.45, 7) is 3.30. The molecule has 0 radical (unpaired) electrons. The summed E-state index contributed by atoms with van der Waals surface area (Å²) in [5, 5.41) is 0. The molecular formula is C24H48NO8P. The highest BCUT2D eigenvalue weighted by Gasteiger charge is 2.25. The van der Waals surface area contributed by atoms with E-state index < -0.39 is 32.5 Å². The second-order valence-corrected chi connectivity index (χ2v) is 10.0. The minimum atomic E-state index is -4.33. The third-order valence-corrected chi connectivity index (χ3v) is 6.20. The van der Waals surface area contributed by atoms with E-state index in [2.05, 4.69) is 11.4 Å². The maximum Gasteiger partial charge on any atom is 0.472 e. The zero-order chi connectivity index (χ0) is 25.5. The quantitative estimate of drug-likeness (QED) is 0.0992. The number of hydrogen-bond donors (Lipinski definition) is 2. The van der Waals surface area contributed by atoms with Crippen LogP contribution in [0.3, 0.4) is 0 Å². The zero-order valence-corrected chi connectivity index (χ0v) is 22.2. The molecule has 0 aromatic rings. The molecule has 0 amide bonds. The van der Waals surface area contributed by atoms with Crippen LogP contribution < -0.4 is 5.73 Å². The van der Waals surface area contributed by atoms with Crippen LogP contribution in [-0.4, -0.2) is 49.3 Å². The van der Waals surface area contributed by atoms with Gasteiger partial charge in [0.15, 0.2) is 6.10 Å². The molecule has 2 atom stereocenters. The standard InChI is InChI=1S/C24H48NO8P/c1-3-5-6-7-8-9-10-11-12-13-14-15-17-24(27)33-22(20-30-23(26)16-4-2)21-32-34(28,29)31-19-18-25/h22H,3-21,25H2,1-2H3,(H,28,29). The number of unbranched alkanes of at least 4 members (excludes halogenated alkanes) is 11. The third kappa shape index (κ3) is 21.5. The number of carbonyl (C=O) groups is 2. The van der Waals surface area contributed by atoms with Gasteiger partial charge in [0.2, 0.25) is 0 Å². The summed E-state index contributed by atoms with van der Waals surface area (Å²) >= 11 is 0. The van der Waals surface area contributed by atoms with Crippen LogP contribution in [0.15, 0.2) is 0 Å². The average Bonchev–Trinajstić information content (AvgIpc) is 2.80. The summed E-state index contributed by atoms with van der Waals surface area (Å²) < 4.78 is 31.7. The molecule has 10 heteroatoms. The van der Waals surface area contributed by atoms with E-state index in [-0.39, 0.29) is 32.6 Å². The number of carbonyl (C=O) groups excluding carboxylic acids is 2. The second-order valence-electron chi connectivity index (χ2n) is 8.57. The van der Waals surface area contributed by atoms with E-state index in [4.69, 9.17) is 19.7 Å². The molecular weight excluding hydrogens is 461 g/mol. The number of hydrogen-bond acceptors (Lipinski definition) is 8. The molecule has 0 aliphatic heterocycles. The monoisotopic (exact) mass is 509 g/mol. The maximum atomic E-state index is 12.2. The van der Waals surface area contributed by atoms with Gasteiger partial charge in [-0.15, -0.1) is 0 Å². The first-order valence-corrected chi connectivity index (χ1v) is 14.5. The van der Waals surface area contributed by atoms with E-state index in [0.717, 1.165) is 12.8 Å². The van der Waals surface area contributed by atoms with E-state index >= 15 is 0 Å². The van der Waals surface area contributed by atoms with Crippen LogP contribution in [-0.2, 0) is 32.7 Å². The van der Waals surface area contributed by atoms with Crippen molar-refractivity contribution in [2.45, 2.75) is 116 Å². The van der Waals surface area contributed by atoms with Crippen LogP contribution >= 0.6 is 7.82 Å². The molecule has 0 fully saturated rings. The minimum Gasteiger partial charge on any atom is -0.462 e. The summed E-state index contributed by atoms with van der Waals surface area (Å²) in [5.74, 6) is -0.890. The minimum absolute atomic E-state index is 0.0556. The number of phosphoric acid groups is 1. The van der Waals surface area contributed by atoms with Crippen molar-refractivity contribution in [2.24, 2.45) is 5.73 Å². The number of rotatable bonds is 24. The molecule has 3 N–H and O–H groups in total. The Morgan fingerprint density at radius 2 is 1.32 bits per heavy atom. The van der Waals surface area contributed by atoms with Crippen LogP contribution in [0.2, 0.25) is 0 Å². The van der Waals surface area contributed by atoms with E-state index in [0.29, 0.717) is 12.8 Å². The van der Waals surface area contributed by atoms with Crippen molar-refractivity contribution >= 4 is 19.8 Å². The van der Waals surface area contributed by atoms with Gasteiger partial charge in [-0.25, -0.2) is 4.57 Å². The van der Waals surface area contributed by atoms with Crippen LogP contribution in [0, 0.1) is 0 Å². The molecule has 202 valence electrons. The van der Waals surface area contributed by atoms with Gasteiger partial charge in [0.05, 0.1) is 13.2 Å². The van der Waals surface area contributed by atoms with Crippen molar-refractivity contribution < 1.29 is 37.6 Å². The van der Waals surface area contributed by atoms with Gasteiger partial charge in [-0.2, -0.15) is 0 Å². The molecule has 0 aromatic heterocycles. The first-order chi connectivity index (χ1) is 16.3. The van der Waals surface area contributed by atoms with Crippen LogP contribution in [0.5, 0.6) is 0 Å².